The van der Waals surface area contributed by atoms with Gasteiger partial charge in [0, 0.05) is 12.3 Å². The molecule has 0 aliphatic heterocycles. The Morgan fingerprint density at radius 1 is 1.14 bits per heavy atom. The third kappa shape index (κ3) is 1.17. The molecule has 14 heavy (non-hydrogen) atoms. The summed E-state index contributed by atoms with van der Waals surface area (Å²) in [6.07, 6.45) is 1.36. The van der Waals surface area contributed by atoms with Gasteiger partial charge in [-0.15, -0.1) is 10.2 Å². The maximum Gasteiger partial charge on any atom is 0.240 e. The molecule has 0 aliphatic rings. The molecule has 0 radical (unpaired) electrons. The maximum absolute atomic E-state index is 9.35. The van der Waals surface area contributed by atoms with E-state index in [0.29, 0.717) is 16.7 Å². The first kappa shape index (κ1) is 8.49. The van der Waals surface area contributed by atoms with Crippen molar-refractivity contribution in [2.45, 2.75) is 0 Å². The van der Waals surface area contributed by atoms with Crippen molar-refractivity contribution in [2.24, 2.45) is 0 Å². The molecule has 0 spiro atoms. The zero-order valence-corrected chi connectivity index (χ0v) is 7.30. The first-order valence-corrected chi connectivity index (χ1v) is 3.80. The lowest BCUT2D eigenvalue weighted by Crippen LogP contribution is -1.90. The summed E-state index contributed by atoms with van der Waals surface area (Å²) in [4.78, 5) is 3.87. The van der Waals surface area contributed by atoms with Crippen LogP contribution in [0, 0.1) is 0 Å². The molecule has 2 aromatic rings. The van der Waals surface area contributed by atoms with E-state index in [2.05, 4.69) is 15.2 Å². The number of hydrogen-bond acceptors (Lipinski definition) is 6. The molecule has 0 unspecified atom stereocenters. The second kappa shape index (κ2) is 2.99. The van der Waals surface area contributed by atoms with Gasteiger partial charge in [-0.25, -0.2) is 4.98 Å². The predicted molar refractivity (Wildman–Crippen MR) is 47.2 cm³/mol. The number of pyridine rings is 1. The van der Waals surface area contributed by atoms with E-state index in [4.69, 9.17) is 4.74 Å². The Morgan fingerprint density at radius 3 is 2.43 bits per heavy atom. The van der Waals surface area contributed by atoms with E-state index in [1.54, 1.807) is 0 Å². The van der Waals surface area contributed by atoms with Crippen molar-refractivity contribution in [3.05, 3.63) is 12.3 Å². The summed E-state index contributed by atoms with van der Waals surface area (Å²) in [6, 6.07) is 1.47. The van der Waals surface area contributed by atoms with Crippen LogP contribution in [-0.4, -0.2) is 32.5 Å². The van der Waals surface area contributed by atoms with Gasteiger partial charge in [0.05, 0.1) is 17.9 Å². The predicted octanol–water partition coefficient (Wildman–Crippen LogP) is 0.445. The highest BCUT2D eigenvalue weighted by Gasteiger charge is 2.08. The van der Waals surface area contributed by atoms with E-state index >= 15 is 0 Å². The van der Waals surface area contributed by atoms with E-state index in [1.807, 2.05) is 0 Å². The van der Waals surface area contributed by atoms with Gasteiger partial charge >= 0.3 is 0 Å². The lowest BCUT2D eigenvalue weighted by atomic mass is 10.2. The van der Waals surface area contributed by atoms with Crippen LogP contribution in [0.15, 0.2) is 12.3 Å². The van der Waals surface area contributed by atoms with Gasteiger partial charge in [0.1, 0.15) is 0 Å². The fourth-order valence-corrected chi connectivity index (χ4v) is 1.11. The Kier molecular flexibility index (Phi) is 1.81. The number of methoxy groups -OCH3 is 1. The lowest BCUT2D eigenvalue weighted by molar-refractivity contribution is 0.397. The number of nitrogens with zero attached hydrogens (tertiary/aromatic N) is 3. The summed E-state index contributed by atoms with van der Waals surface area (Å²) in [6.45, 7) is 0. The van der Waals surface area contributed by atoms with Crippen LogP contribution < -0.4 is 4.74 Å². The molecule has 0 amide bonds. The molecule has 2 aromatic heterocycles. The average molecular weight is 193 g/mol. The van der Waals surface area contributed by atoms with Crippen LogP contribution in [0.5, 0.6) is 17.6 Å². The van der Waals surface area contributed by atoms with Crippen LogP contribution in [0.25, 0.3) is 10.8 Å². The SMILES string of the molecule is COc1cc2c(O)nnc(O)c2cn1. The molecule has 0 saturated carbocycles. The van der Waals surface area contributed by atoms with Crippen LogP contribution >= 0.6 is 0 Å². The van der Waals surface area contributed by atoms with Crippen molar-refractivity contribution >= 4 is 10.8 Å². The van der Waals surface area contributed by atoms with Gasteiger partial charge in [0.15, 0.2) is 0 Å². The fourth-order valence-electron chi connectivity index (χ4n) is 1.11. The van der Waals surface area contributed by atoms with Gasteiger partial charge in [-0.05, 0) is 0 Å². The number of hydrogen-bond donors (Lipinski definition) is 2. The zero-order chi connectivity index (χ0) is 10.1. The van der Waals surface area contributed by atoms with Crippen molar-refractivity contribution < 1.29 is 14.9 Å². The van der Waals surface area contributed by atoms with Gasteiger partial charge in [-0.1, -0.05) is 0 Å². The number of rotatable bonds is 1. The summed E-state index contributed by atoms with van der Waals surface area (Å²) >= 11 is 0. The number of aromatic hydroxyl groups is 2. The van der Waals surface area contributed by atoms with E-state index in [9.17, 15) is 10.2 Å². The highest BCUT2D eigenvalue weighted by Crippen LogP contribution is 2.28. The third-order valence-electron chi connectivity index (χ3n) is 1.81. The van der Waals surface area contributed by atoms with Gasteiger partial charge < -0.3 is 14.9 Å². The zero-order valence-electron chi connectivity index (χ0n) is 7.30. The number of aromatic nitrogens is 3. The van der Waals surface area contributed by atoms with Crippen LogP contribution in [0.2, 0.25) is 0 Å². The maximum atomic E-state index is 9.35. The minimum atomic E-state index is -0.270. The Morgan fingerprint density at radius 2 is 1.79 bits per heavy atom. The van der Waals surface area contributed by atoms with Gasteiger partial charge in [0.25, 0.3) is 0 Å². The molecule has 2 rings (SSSR count). The molecule has 72 valence electrons. The minimum absolute atomic E-state index is 0.265. The van der Waals surface area contributed by atoms with E-state index in [-0.39, 0.29) is 11.8 Å². The normalized spacial score (nSPS) is 10.4. The van der Waals surface area contributed by atoms with Crippen molar-refractivity contribution in [2.75, 3.05) is 7.11 Å². The van der Waals surface area contributed by atoms with E-state index in [0.717, 1.165) is 0 Å². The molecular weight excluding hydrogens is 186 g/mol. The van der Waals surface area contributed by atoms with Crippen molar-refractivity contribution in [3.8, 4) is 17.6 Å². The Balaban J connectivity index is 2.80. The molecule has 0 saturated heterocycles. The minimum Gasteiger partial charge on any atom is -0.492 e. The molecule has 0 fully saturated rings. The molecular formula is C8H7N3O3. The highest BCUT2D eigenvalue weighted by molar-refractivity contribution is 5.89. The van der Waals surface area contributed by atoms with Crippen LogP contribution in [0.4, 0.5) is 0 Å². The number of fused-ring (bicyclic) bond motifs is 1. The molecule has 0 aromatic carbocycles. The van der Waals surface area contributed by atoms with Crippen LogP contribution in [-0.2, 0) is 0 Å². The second-order valence-corrected chi connectivity index (χ2v) is 2.62. The summed E-state index contributed by atoms with van der Waals surface area (Å²) in [7, 11) is 1.46. The number of ether oxygens (including phenoxy) is 1. The van der Waals surface area contributed by atoms with Crippen LogP contribution in [0.3, 0.4) is 0 Å². The van der Waals surface area contributed by atoms with E-state index in [1.165, 1.54) is 19.4 Å². The monoisotopic (exact) mass is 193 g/mol. The first-order valence-electron chi connectivity index (χ1n) is 3.80. The summed E-state index contributed by atoms with van der Waals surface area (Å²) in [5, 5.41) is 26.0. The summed E-state index contributed by atoms with van der Waals surface area (Å²) < 4.78 is 4.87. The standard InChI is InChI=1S/C8H7N3O3/c1-14-6-2-4-5(3-9-6)8(13)11-10-7(4)12/h2-3H,1H3,(H,10,12)(H,11,13). The smallest absolute Gasteiger partial charge is 0.240 e. The topological polar surface area (TPSA) is 88.4 Å². The third-order valence-corrected chi connectivity index (χ3v) is 1.81. The van der Waals surface area contributed by atoms with Gasteiger partial charge in [0.2, 0.25) is 17.6 Å². The fraction of sp³-hybridized carbons (Fsp3) is 0.125. The Labute approximate surface area is 78.8 Å². The molecule has 0 aliphatic carbocycles. The molecule has 2 heterocycles. The molecule has 2 N–H and O–H groups in total. The van der Waals surface area contributed by atoms with E-state index < -0.39 is 0 Å². The Hall–Kier alpha value is -2.11. The van der Waals surface area contributed by atoms with Gasteiger partial charge in [-0.2, -0.15) is 0 Å². The Bertz CT molecular complexity index is 486. The summed E-state index contributed by atoms with van der Waals surface area (Å²) in [5.74, 6) is -0.202. The summed E-state index contributed by atoms with van der Waals surface area (Å²) in [5.41, 5.74) is 0. The van der Waals surface area contributed by atoms with Gasteiger partial charge in [-0.3, -0.25) is 0 Å². The quantitative estimate of drug-likeness (QED) is 0.683. The van der Waals surface area contributed by atoms with Crippen molar-refractivity contribution in [1.29, 1.82) is 0 Å². The van der Waals surface area contributed by atoms with Crippen LogP contribution in [0.1, 0.15) is 0 Å². The lowest BCUT2D eigenvalue weighted by Gasteiger charge is -2.02. The first-order chi connectivity index (χ1) is 6.72. The van der Waals surface area contributed by atoms with Crippen molar-refractivity contribution in [1.82, 2.24) is 15.2 Å². The molecule has 0 bridgehead atoms. The van der Waals surface area contributed by atoms with Crippen molar-refractivity contribution in [3.63, 3.8) is 0 Å². The highest BCUT2D eigenvalue weighted by atomic mass is 16.5. The molecule has 0 atom stereocenters. The molecule has 6 nitrogen and oxygen atoms in total. The largest absolute Gasteiger partial charge is 0.492 e. The average Bonchev–Trinajstić information content (AvgIpc) is 2.23. The second-order valence-electron chi connectivity index (χ2n) is 2.62. The molecule has 6 heteroatoms.